The van der Waals surface area contributed by atoms with Gasteiger partial charge in [0.15, 0.2) is 0 Å². The van der Waals surface area contributed by atoms with Crippen molar-refractivity contribution in [3.63, 3.8) is 0 Å². The number of phenols is 2. The molecule has 1 aliphatic rings. The van der Waals surface area contributed by atoms with Crippen LogP contribution in [0.1, 0.15) is 56.6 Å². The van der Waals surface area contributed by atoms with Crippen molar-refractivity contribution in [1.29, 1.82) is 0 Å². The maximum atomic E-state index is 14.1. The number of carboxylic acid groups (broad SMARTS) is 1. The molecule has 240 valence electrons. The number of nitrogens with two attached hydrogens (primary N) is 1. The van der Waals surface area contributed by atoms with E-state index in [2.05, 4.69) is 5.32 Å². The van der Waals surface area contributed by atoms with E-state index < -0.39 is 54.0 Å². The number of unbranched alkanes of at least 4 members (excludes halogenated alkanes) is 2. The number of aliphatic hydroxyl groups is 1. The van der Waals surface area contributed by atoms with E-state index in [-0.39, 0.29) is 30.9 Å². The SMILES string of the molecule is CCCCC[C@@H](N)[C@H](O)C(=O)N[C@@H](Cc1ccc(O)cc1)C(=O)N(C)[C@@H](Cc1ccc(O)cc1)C(=O)N1CCC[C@H]1C(=O)O. The zero-order chi connectivity index (χ0) is 32.4. The Morgan fingerprint density at radius 1 is 0.977 bits per heavy atom. The Labute approximate surface area is 257 Å². The lowest BCUT2D eigenvalue weighted by molar-refractivity contribution is -0.153. The van der Waals surface area contributed by atoms with Crippen LogP contribution in [0.3, 0.4) is 0 Å². The summed E-state index contributed by atoms with van der Waals surface area (Å²) >= 11 is 0. The van der Waals surface area contributed by atoms with Gasteiger partial charge in [-0.3, -0.25) is 14.4 Å². The number of likely N-dealkylation sites (tertiary alicyclic amines) is 1. The summed E-state index contributed by atoms with van der Waals surface area (Å²) in [5.41, 5.74) is 7.31. The highest BCUT2D eigenvalue weighted by molar-refractivity contribution is 5.94. The van der Waals surface area contributed by atoms with Crippen LogP contribution in [0, 0.1) is 0 Å². The lowest BCUT2D eigenvalue weighted by atomic mass is 9.99. The van der Waals surface area contributed by atoms with Gasteiger partial charge >= 0.3 is 5.97 Å². The molecule has 3 rings (SSSR count). The zero-order valence-corrected chi connectivity index (χ0v) is 25.3. The van der Waals surface area contributed by atoms with E-state index in [1.807, 2.05) is 6.92 Å². The van der Waals surface area contributed by atoms with Crippen LogP contribution >= 0.6 is 0 Å². The summed E-state index contributed by atoms with van der Waals surface area (Å²) in [5, 5.41) is 42.5. The van der Waals surface area contributed by atoms with E-state index in [1.165, 1.54) is 41.1 Å². The Morgan fingerprint density at radius 2 is 1.55 bits per heavy atom. The standard InChI is InChI=1S/C32H44N4O8/c1-3-4-5-7-24(33)28(39)29(40)34-25(18-20-9-13-22(37)14-10-20)30(41)35(2)27(19-21-11-15-23(38)16-12-21)31(42)36-17-6-8-26(36)32(43)44/h9-16,24-28,37-39H,3-8,17-19,33H2,1-2H3,(H,34,40)(H,43,44)/t24-,25+,26+,27+,28+/m1/s1. The first-order chi connectivity index (χ1) is 20.9. The normalized spacial score (nSPS) is 17.4. The summed E-state index contributed by atoms with van der Waals surface area (Å²) in [5.74, 6) is -3.10. The number of likely N-dealkylation sites (N-methyl/N-ethyl adjacent to an activating group) is 1. The number of rotatable bonds is 15. The van der Waals surface area contributed by atoms with Gasteiger partial charge in [0.25, 0.3) is 5.91 Å². The lowest BCUT2D eigenvalue weighted by Gasteiger charge is -2.35. The van der Waals surface area contributed by atoms with Crippen LogP contribution in [0.5, 0.6) is 11.5 Å². The summed E-state index contributed by atoms with van der Waals surface area (Å²) in [7, 11) is 1.42. The smallest absolute Gasteiger partial charge is 0.326 e. The number of carbonyl (C=O) groups excluding carboxylic acids is 3. The number of nitrogens with one attached hydrogen (secondary N) is 1. The molecule has 12 heteroatoms. The minimum Gasteiger partial charge on any atom is -0.508 e. The summed E-state index contributed by atoms with van der Waals surface area (Å²) in [6.45, 7) is 2.25. The zero-order valence-electron chi connectivity index (χ0n) is 25.3. The van der Waals surface area contributed by atoms with E-state index >= 15 is 0 Å². The number of carbonyl (C=O) groups is 4. The van der Waals surface area contributed by atoms with E-state index in [1.54, 1.807) is 24.3 Å². The fourth-order valence-electron chi connectivity index (χ4n) is 5.43. The Balaban J connectivity index is 1.91. The number of aliphatic carboxylic acids is 1. The van der Waals surface area contributed by atoms with Crippen molar-refractivity contribution in [2.24, 2.45) is 5.73 Å². The molecule has 0 saturated carbocycles. The van der Waals surface area contributed by atoms with Gasteiger partial charge in [0, 0.05) is 32.5 Å². The third kappa shape index (κ3) is 9.17. The molecule has 0 spiro atoms. The molecule has 0 aliphatic carbocycles. The van der Waals surface area contributed by atoms with Gasteiger partial charge in [0.05, 0.1) is 0 Å². The second kappa shape index (κ2) is 16.1. The molecule has 1 fully saturated rings. The molecule has 0 unspecified atom stereocenters. The van der Waals surface area contributed by atoms with Gasteiger partial charge in [-0.2, -0.15) is 0 Å². The first-order valence-electron chi connectivity index (χ1n) is 15.0. The molecular formula is C32H44N4O8. The Kier molecular flexibility index (Phi) is 12.5. The van der Waals surface area contributed by atoms with Gasteiger partial charge in [0.1, 0.15) is 35.7 Å². The van der Waals surface area contributed by atoms with Gasteiger partial charge in [-0.1, -0.05) is 50.5 Å². The van der Waals surface area contributed by atoms with Crippen molar-refractivity contribution in [1.82, 2.24) is 15.1 Å². The minimum absolute atomic E-state index is 0.0180. The highest BCUT2D eigenvalue weighted by atomic mass is 16.4. The predicted octanol–water partition coefficient (Wildman–Crippen LogP) is 1.54. The molecule has 0 radical (unpaired) electrons. The van der Waals surface area contributed by atoms with E-state index in [9.17, 15) is 39.6 Å². The van der Waals surface area contributed by atoms with Crippen LogP contribution in [-0.4, -0.2) is 97.8 Å². The van der Waals surface area contributed by atoms with Crippen molar-refractivity contribution >= 4 is 23.7 Å². The molecule has 3 amide bonds. The molecule has 1 heterocycles. The van der Waals surface area contributed by atoms with Crippen LogP contribution in [0.4, 0.5) is 0 Å². The monoisotopic (exact) mass is 612 g/mol. The molecule has 1 saturated heterocycles. The average molecular weight is 613 g/mol. The average Bonchev–Trinajstić information content (AvgIpc) is 3.51. The number of aliphatic hydroxyl groups excluding tert-OH is 1. The van der Waals surface area contributed by atoms with E-state index in [4.69, 9.17) is 5.73 Å². The molecule has 7 N–H and O–H groups in total. The predicted molar refractivity (Wildman–Crippen MR) is 163 cm³/mol. The van der Waals surface area contributed by atoms with Gasteiger partial charge < -0.3 is 41.3 Å². The number of nitrogens with zero attached hydrogens (tertiary/aromatic N) is 2. The van der Waals surface area contributed by atoms with Gasteiger partial charge in [-0.25, -0.2) is 4.79 Å². The van der Waals surface area contributed by atoms with Crippen LogP contribution in [0.25, 0.3) is 0 Å². The van der Waals surface area contributed by atoms with Crippen molar-refractivity contribution in [3.8, 4) is 11.5 Å². The van der Waals surface area contributed by atoms with E-state index in [0.717, 1.165) is 19.3 Å². The number of phenolic OH excluding ortho intramolecular Hbond substituents is 2. The molecule has 44 heavy (non-hydrogen) atoms. The van der Waals surface area contributed by atoms with E-state index in [0.29, 0.717) is 30.4 Å². The van der Waals surface area contributed by atoms with Crippen LogP contribution in [0.2, 0.25) is 0 Å². The third-order valence-electron chi connectivity index (χ3n) is 8.09. The minimum atomic E-state index is -1.57. The van der Waals surface area contributed by atoms with Crippen LogP contribution in [-0.2, 0) is 32.0 Å². The Hall–Kier alpha value is -4.16. The number of hydrogen-bond acceptors (Lipinski definition) is 8. The second-order valence-corrected chi connectivity index (χ2v) is 11.4. The summed E-state index contributed by atoms with van der Waals surface area (Å²) in [6, 6.07) is 7.98. The van der Waals surface area contributed by atoms with Gasteiger partial charge in [-0.05, 0) is 54.7 Å². The number of carboxylic acids is 1. The molecule has 0 bridgehead atoms. The molecule has 2 aromatic carbocycles. The molecule has 12 nitrogen and oxygen atoms in total. The van der Waals surface area contributed by atoms with Crippen molar-refractivity contribution in [2.75, 3.05) is 13.6 Å². The van der Waals surface area contributed by atoms with Crippen molar-refractivity contribution < 1.29 is 39.6 Å². The largest absolute Gasteiger partial charge is 0.508 e. The summed E-state index contributed by atoms with van der Waals surface area (Å²) in [6.07, 6.45) is 2.22. The van der Waals surface area contributed by atoms with Crippen LogP contribution in [0.15, 0.2) is 48.5 Å². The molecular weight excluding hydrogens is 568 g/mol. The highest BCUT2D eigenvalue weighted by Crippen LogP contribution is 2.23. The molecule has 1 aliphatic heterocycles. The third-order valence-corrected chi connectivity index (χ3v) is 8.09. The fraction of sp³-hybridized carbons (Fsp3) is 0.500. The Bertz CT molecular complexity index is 1270. The van der Waals surface area contributed by atoms with Crippen molar-refractivity contribution in [3.05, 3.63) is 59.7 Å². The molecule has 2 aromatic rings. The first-order valence-corrected chi connectivity index (χ1v) is 15.0. The van der Waals surface area contributed by atoms with Crippen molar-refractivity contribution in [2.45, 2.75) is 88.6 Å². The maximum absolute atomic E-state index is 14.1. The quantitative estimate of drug-likeness (QED) is 0.162. The highest BCUT2D eigenvalue weighted by Gasteiger charge is 2.41. The second-order valence-electron chi connectivity index (χ2n) is 11.4. The number of benzene rings is 2. The first kappa shape index (κ1) is 34.3. The lowest BCUT2D eigenvalue weighted by Crippen LogP contribution is -2.59. The summed E-state index contributed by atoms with van der Waals surface area (Å²) < 4.78 is 0. The topological polar surface area (TPSA) is 194 Å². The molecule has 0 aromatic heterocycles. The fourth-order valence-corrected chi connectivity index (χ4v) is 5.43. The summed E-state index contributed by atoms with van der Waals surface area (Å²) in [4.78, 5) is 55.5. The number of amides is 3. The number of aromatic hydroxyl groups is 2. The Morgan fingerprint density at radius 3 is 2.09 bits per heavy atom. The number of hydrogen-bond donors (Lipinski definition) is 6. The van der Waals surface area contributed by atoms with Crippen LogP contribution < -0.4 is 11.1 Å². The van der Waals surface area contributed by atoms with Gasteiger partial charge in [0.2, 0.25) is 11.8 Å². The molecule has 5 atom stereocenters. The maximum Gasteiger partial charge on any atom is 0.326 e. The van der Waals surface area contributed by atoms with Gasteiger partial charge in [-0.15, -0.1) is 0 Å².